The number of fused-ring (bicyclic) bond motifs is 2. The molecule has 57 heavy (non-hydrogen) atoms. The Morgan fingerprint density at radius 3 is 1.88 bits per heavy atom. The Hall–Kier alpha value is -3.03. The van der Waals surface area contributed by atoms with Gasteiger partial charge in [0.25, 0.3) is 0 Å². The zero-order chi connectivity index (χ0) is 42.0. The summed E-state index contributed by atoms with van der Waals surface area (Å²) in [5, 5.41) is 21.2. The molecule has 16 N–H and O–H groups in total. The first-order valence-electron chi connectivity index (χ1n) is 18.0. The summed E-state index contributed by atoms with van der Waals surface area (Å²) in [6.45, 7) is -0.345. The third-order valence-electron chi connectivity index (χ3n) is 8.91. The van der Waals surface area contributed by atoms with E-state index in [0.717, 1.165) is 6.33 Å². The van der Waals surface area contributed by atoms with Gasteiger partial charge in [0.15, 0.2) is 17.7 Å². The van der Waals surface area contributed by atoms with Gasteiger partial charge in [-0.2, -0.15) is 8.62 Å². The number of phosphoric acid groups is 2. The molecule has 4 heterocycles. The van der Waals surface area contributed by atoms with Gasteiger partial charge in [-0.05, 0) is 71.0 Å². The van der Waals surface area contributed by atoms with Crippen molar-refractivity contribution in [2.75, 3.05) is 32.0 Å². The number of phosphoric ester groups is 1. The predicted molar refractivity (Wildman–Crippen MR) is 199 cm³/mol. The van der Waals surface area contributed by atoms with Crippen LogP contribution in [0.4, 0.5) is 5.82 Å². The first kappa shape index (κ1) is 46.7. The number of nitrogens with zero attached hydrogens (tertiary/aromatic N) is 4. The van der Waals surface area contributed by atoms with Gasteiger partial charge >= 0.3 is 23.4 Å². The molecule has 26 nitrogen and oxygen atoms in total. The fourth-order valence-electron chi connectivity index (χ4n) is 6.13. The van der Waals surface area contributed by atoms with Crippen molar-refractivity contribution in [2.45, 2.75) is 100 Å². The summed E-state index contributed by atoms with van der Waals surface area (Å²) in [6.07, 6.45) is -0.424. The number of carbonyl (C=O) groups excluding carboxylic acids is 3. The molecular formula is C28H51N12O14P3. The quantitative estimate of drug-likeness (QED) is 0.0752. The molecule has 0 aromatic carbocycles. The minimum absolute atomic E-state index is 0.00336. The number of carbonyl (C=O) groups is 3. The van der Waals surface area contributed by atoms with Crippen molar-refractivity contribution in [1.82, 2.24) is 40.6 Å². The number of hydrogen-bond acceptors (Lipinski definition) is 18. The standard InChI is InChI=1S/C28H51N12O14P3/c29-10-4-1-7-16-25(42)36-17(8-2-5-11-30)26(43)38-20-19(52-28(22(20)41)40-15-35-21-23(32)33-14-34-24(21)40)13-51-56(47,48)54-57(49,50)53-55(45,46)39-18(27(44)37-16)9-3-6-12-31/h14-20,22,28,41H,1-13,29-31H2,(H,36,42)(H,37,44)(H,38,43)(H,47,48)(H,49,50)(H2,32,33,34)(H2,39,45,46)/t16?,17?,18?,19-,20-,22-,28-/m1/s1. The summed E-state index contributed by atoms with van der Waals surface area (Å²) >= 11 is 0. The molecule has 322 valence electrons. The minimum Gasteiger partial charge on any atom is -0.386 e. The average Bonchev–Trinajstić information content (AvgIpc) is 3.69. The fraction of sp³-hybridized carbons (Fsp3) is 0.714. The van der Waals surface area contributed by atoms with Crippen LogP contribution in [0.15, 0.2) is 12.7 Å². The lowest BCUT2D eigenvalue weighted by atomic mass is 10.0. The molecular weight excluding hydrogens is 821 g/mol. The SMILES string of the molecule is NCCCCC1NC(=O)C(CCCCN)NP(=O)(O)OP(=O)(O)OP(=O)(O)OC[C@H]2O[C@@H](n3cnc4c(N)ncnc43)[C@H](O)[C@@H]2NC(=O)C(CCCCN)NC1=O. The van der Waals surface area contributed by atoms with Crippen molar-refractivity contribution in [3.63, 3.8) is 0 Å². The number of aliphatic hydroxyl groups is 1. The van der Waals surface area contributed by atoms with E-state index < -0.39 is 90.3 Å². The van der Waals surface area contributed by atoms with E-state index in [1.807, 2.05) is 5.09 Å². The van der Waals surface area contributed by atoms with Crippen LogP contribution in [-0.4, -0.2) is 120 Å². The summed E-state index contributed by atoms with van der Waals surface area (Å²) in [4.78, 5) is 84.9. The summed E-state index contributed by atoms with van der Waals surface area (Å²) in [5.74, 6) is -2.72. The second-order valence-electron chi connectivity index (χ2n) is 13.2. The molecule has 6 unspecified atom stereocenters. The Balaban J connectivity index is 1.74. The molecule has 2 aliphatic heterocycles. The van der Waals surface area contributed by atoms with E-state index in [4.69, 9.17) is 32.2 Å². The summed E-state index contributed by atoms with van der Waals surface area (Å²) in [7, 11) is -17.2. The van der Waals surface area contributed by atoms with Crippen LogP contribution >= 0.6 is 23.4 Å². The fourth-order valence-corrected chi connectivity index (χ4v) is 10.0. The number of imidazole rings is 1. The zero-order valence-corrected chi connectivity index (χ0v) is 33.4. The highest BCUT2D eigenvalue weighted by Crippen LogP contribution is 2.66. The second-order valence-corrected chi connectivity index (χ2v) is 18.0. The number of nitrogens with one attached hydrogen (secondary N) is 4. The minimum atomic E-state index is -5.97. The maximum atomic E-state index is 14.0. The van der Waals surface area contributed by atoms with Crippen molar-refractivity contribution < 1.29 is 65.7 Å². The van der Waals surface area contributed by atoms with Gasteiger partial charge in [0.2, 0.25) is 17.7 Å². The van der Waals surface area contributed by atoms with E-state index in [1.54, 1.807) is 0 Å². The summed E-state index contributed by atoms with van der Waals surface area (Å²) in [5.41, 5.74) is 23.0. The first-order chi connectivity index (χ1) is 26.9. The van der Waals surface area contributed by atoms with Gasteiger partial charge in [0, 0.05) is 0 Å². The van der Waals surface area contributed by atoms with Gasteiger partial charge in [-0.3, -0.25) is 23.5 Å². The Kier molecular flexibility index (Phi) is 17.0. The molecule has 4 rings (SSSR count). The van der Waals surface area contributed by atoms with E-state index >= 15 is 0 Å². The van der Waals surface area contributed by atoms with E-state index in [9.17, 15) is 47.9 Å². The van der Waals surface area contributed by atoms with E-state index in [2.05, 4.69) is 39.5 Å². The molecule has 10 atom stereocenters. The van der Waals surface area contributed by atoms with E-state index in [1.165, 1.54) is 10.9 Å². The topological polar surface area (TPSA) is 416 Å². The first-order valence-corrected chi connectivity index (χ1v) is 22.6. The third-order valence-corrected chi connectivity index (χ3v) is 13.4. The van der Waals surface area contributed by atoms with Crippen LogP contribution in [0.1, 0.15) is 64.0 Å². The maximum Gasteiger partial charge on any atom is 0.489 e. The maximum absolute atomic E-state index is 14.0. The van der Waals surface area contributed by atoms with Crippen molar-refractivity contribution in [2.24, 2.45) is 17.2 Å². The highest BCUT2D eigenvalue weighted by Gasteiger charge is 2.49. The lowest BCUT2D eigenvalue weighted by Gasteiger charge is -2.27. The lowest BCUT2D eigenvalue weighted by molar-refractivity contribution is -0.133. The van der Waals surface area contributed by atoms with Crippen LogP contribution in [0.3, 0.4) is 0 Å². The Bertz CT molecular complexity index is 1840. The van der Waals surface area contributed by atoms with Crippen molar-refractivity contribution in [3.05, 3.63) is 12.7 Å². The smallest absolute Gasteiger partial charge is 0.386 e. The van der Waals surface area contributed by atoms with Crippen molar-refractivity contribution >= 4 is 58.1 Å². The third kappa shape index (κ3) is 13.2. The molecule has 0 aliphatic carbocycles. The number of unbranched alkanes of at least 4 members (excludes halogenated alkanes) is 3. The number of hydrogen-bond donors (Lipinski definition) is 12. The van der Waals surface area contributed by atoms with Crippen LogP contribution < -0.4 is 44.0 Å². The largest absolute Gasteiger partial charge is 0.489 e. The van der Waals surface area contributed by atoms with Crippen LogP contribution in [0.2, 0.25) is 0 Å². The Morgan fingerprint density at radius 1 is 0.754 bits per heavy atom. The monoisotopic (exact) mass is 872 g/mol. The zero-order valence-electron chi connectivity index (χ0n) is 30.7. The number of aromatic nitrogens is 4. The van der Waals surface area contributed by atoms with Gasteiger partial charge in [0.05, 0.1) is 25.0 Å². The normalized spacial score (nSPS) is 33.7. The predicted octanol–water partition coefficient (Wildman–Crippen LogP) is -2.17. The number of nitrogen functional groups attached to an aromatic ring is 1. The molecule has 0 bridgehead atoms. The van der Waals surface area contributed by atoms with Crippen LogP contribution in [0, 0.1) is 0 Å². The number of amides is 3. The number of ether oxygens (including phenoxy) is 1. The van der Waals surface area contributed by atoms with Gasteiger partial charge in [-0.25, -0.2) is 33.7 Å². The van der Waals surface area contributed by atoms with Crippen molar-refractivity contribution in [1.29, 1.82) is 0 Å². The van der Waals surface area contributed by atoms with Gasteiger partial charge in [-0.1, -0.05) is 6.42 Å². The van der Waals surface area contributed by atoms with Crippen LogP contribution in [0.25, 0.3) is 11.2 Å². The summed E-state index contributed by atoms with van der Waals surface area (Å²) < 4.78 is 59.6. The number of anilines is 1. The average molecular weight is 873 g/mol. The number of nitrogens with two attached hydrogens (primary N) is 4. The Morgan fingerprint density at radius 2 is 1.30 bits per heavy atom. The lowest BCUT2D eigenvalue weighted by Crippen LogP contribution is -2.58. The molecule has 2 aromatic heterocycles. The molecule has 2 aliphatic rings. The molecule has 0 saturated carbocycles. The molecule has 2 saturated heterocycles. The highest BCUT2D eigenvalue weighted by molar-refractivity contribution is 7.67. The molecule has 2 aromatic rings. The summed E-state index contributed by atoms with van der Waals surface area (Å²) in [6, 6.07) is -5.80. The highest BCUT2D eigenvalue weighted by atomic mass is 31.3. The molecule has 0 spiro atoms. The van der Waals surface area contributed by atoms with Crippen LogP contribution in [0.5, 0.6) is 0 Å². The molecule has 0 radical (unpaired) electrons. The van der Waals surface area contributed by atoms with Crippen LogP contribution in [-0.2, 0) is 46.0 Å². The van der Waals surface area contributed by atoms with Gasteiger partial charge in [0.1, 0.15) is 36.1 Å². The number of aliphatic hydroxyl groups excluding tert-OH is 1. The van der Waals surface area contributed by atoms with E-state index in [-0.39, 0.29) is 62.3 Å². The molecule has 2 fully saturated rings. The second kappa shape index (κ2) is 20.8. The van der Waals surface area contributed by atoms with Gasteiger partial charge in [-0.15, -0.1) is 0 Å². The van der Waals surface area contributed by atoms with Gasteiger partial charge < -0.3 is 63.4 Å². The molecule has 3 amide bonds. The molecule has 29 heteroatoms. The Labute approximate surface area is 326 Å². The van der Waals surface area contributed by atoms with E-state index in [0.29, 0.717) is 32.1 Å². The number of rotatable bonds is 13. The van der Waals surface area contributed by atoms with Crippen molar-refractivity contribution in [3.8, 4) is 0 Å².